The molecular formula is C59H103N3O13. The molecule has 75 heavy (non-hydrogen) atoms. The first-order valence-electron chi connectivity index (χ1n) is 27.7. The van der Waals surface area contributed by atoms with Crippen LogP contribution in [0.5, 0.6) is 0 Å². The number of aliphatic hydroxyl groups excluding tert-OH is 3. The van der Waals surface area contributed by atoms with Crippen molar-refractivity contribution in [2.45, 2.75) is 219 Å². The standard InChI is InChI=1S/C35H52O9.C8H12N2.C4H9NO.C3H8O2.C3H8.C2H4O.C2H6.C2H4/c1-18-10-26(39-16-18)14-28(27-8-9-38-17-19(27)2)35-15-29(37)33(44-35)31-21(4)32(43-35)34-30(42-31)7-6-25(41-34)13-24(36)12-23-11-20(3)40-22(23)5;1-10-8-4-2-7(6-9)3-5-8;1-4(3-6)5-2;1-3(5)2-4;1-3-2;1-2-3;2*1-2/h20-23,25-34,37H,1-2,6-17H2,3-5H3;2-5,10H,6,9H2,1H3;3-5H,1-2H3;3-5H,2H2,1H3;3H2,1-2H3;2H,1H3;1-2H3;1-2H2/t20-,21?,22+,23?,25?,26?,27-,28?,29-,30?,31-,32?,33?,34?,35?;;;;;;;/m1......./s1. The van der Waals surface area contributed by atoms with Gasteiger partial charge in [-0.05, 0) is 121 Å². The summed E-state index contributed by atoms with van der Waals surface area (Å²) in [6.07, 6.45) is 6.40. The number of ether oxygens (including phenoxy) is 7. The molecule has 16 nitrogen and oxygen atoms in total. The summed E-state index contributed by atoms with van der Waals surface area (Å²) in [5.41, 5.74) is 9.85. The Hall–Kier alpha value is -3.23. The number of likely N-dealkylation sites (N-methyl/N-ethyl adjacent to an activating group) is 1. The molecule has 0 aliphatic carbocycles. The number of anilines is 1. The van der Waals surface area contributed by atoms with Gasteiger partial charge in [-0.2, -0.15) is 0 Å². The Morgan fingerprint density at radius 2 is 1.52 bits per heavy atom. The molecule has 16 heteroatoms. The highest BCUT2D eigenvalue weighted by atomic mass is 16.7. The maximum Gasteiger partial charge on any atom is 0.175 e. The first-order chi connectivity index (χ1) is 35.9. The van der Waals surface area contributed by atoms with Crippen LogP contribution in [0.4, 0.5) is 5.69 Å². The van der Waals surface area contributed by atoms with E-state index < -0.39 is 24.1 Å². The van der Waals surface area contributed by atoms with Crippen molar-refractivity contribution in [3.8, 4) is 0 Å². The largest absolute Gasteiger partial charge is 0.394 e. The predicted octanol–water partition coefficient (Wildman–Crippen LogP) is 8.08. The molecule has 7 fully saturated rings. The number of rotatable bonds is 13. The maximum atomic E-state index is 13.2. The molecule has 7 saturated heterocycles. The van der Waals surface area contributed by atoms with Crippen LogP contribution in [0.2, 0.25) is 0 Å². The monoisotopic (exact) mass is 1060 g/mol. The third-order valence-corrected chi connectivity index (χ3v) is 14.1. The zero-order valence-corrected chi connectivity index (χ0v) is 48.1. The van der Waals surface area contributed by atoms with Crippen LogP contribution in [-0.4, -0.2) is 153 Å². The van der Waals surface area contributed by atoms with Crippen LogP contribution in [0.1, 0.15) is 139 Å². The molecule has 0 spiro atoms. The van der Waals surface area contributed by atoms with Crippen LogP contribution in [0, 0.1) is 23.7 Å². The summed E-state index contributed by atoms with van der Waals surface area (Å²) in [4.78, 5) is 31.7. The second-order valence-corrected chi connectivity index (χ2v) is 20.3. The third kappa shape index (κ3) is 22.2. The van der Waals surface area contributed by atoms with Crippen molar-refractivity contribution in [2.24, 2.45) is 29.4 Å². The van der Waals surface area contributed by atoms with E-state index >= 15 is 0 Å². The van der Waals surface area contributed by atoms with Crippen LogP contribution in [-0.2, 0) is 54.1 Å². The van der Waals surface area contributed by atoms with Crippen molar-refractivity contribution in [1.29, 1.82) is 0 Å². The molecule has 0 aromatic heterocycles. The van der Waals surface area contributed by atoms with Crippen molar-refractivity contribution in [3.05, 3.63) is 67.3 Å². The van der Waals surface area contributed by atoms with Gasteiger partial charge in [-0.1, -0.05) is 66.3 Å². The average Bonchev–Trinajstić information content (AvgIpc) is 4.08. The fourth-order valence-electron chi connectivity index (χ4n) is 10.4. The second-order valence-electron chi connectivity index (χ2n) is 20.3. The highest BCUT2D eigenvalue weighted by molar-refractivity contribution is 5.79. The number of benzene rings is 1. The van der Waals surface area contributed by atoms with Gasteiger partial charge in [0.25, 0.3) is 0 Å². The van der Waals surface area contributed by atoms with E-state index in [1.54, 1.807) is 14.0 Å². The van der Waals surface area contributed by atoms with Crippen LogP contribution in [0.3, 0.4) is 0 Å². The molecule has 0 saturated carbocycles. The number of aliphatic hydroxyl groups is 3. The number of hydrogen-bond acceptors (Lipinski definition) is 16. The van der Waals surface area contributed by atoms with Gasteiger partial charge in [0.15, 0.2) is 5.79 Å². The van der Waals surface area contributed by atoms with Crippen LogP contribution >= 0.6 is 0 Å². The van der Waals surface area contributed by atoms with Gasteiger partial charge in [0, 0.05) is 57.0 Å². The Balaban J connectivity index is 0.000000742. The lowest BCUT2D eigenvalue weighted by Crippen LogP contribution is -2.62. The number of ketones is 1. The SMILES string of the molecule is C=C.C=C1COC(CC([C@@H]2CCOCC2=C)C23C[C@@H](O)C(O2)[C@@H]2OC4CCC(CC(=O)CC5C[C@@H](C)O[C@H]5C)OC4C(O3)C2C)C1.CC.CC(O)CO.CC=O.CCC.CNC(C)C=O.CNc1ccc(CN)cc1. The molecule has 12 unspecified atom stereocenters. The summed E-state index contributed by atoms with van der Waals surface area (Å²) in [5.74, 6) is -0.542. The van der Waals surface area contributed by atoms with Crippen LogP contribution < -0.4 is 16.4 Å². The molecular weight excluding hydrogens is 959 g/mol. The van der Waals surface area contributed by atoms with Crippen molar-refractivity contribution in [3.63, 3.8) is 0 Å². The van der Waals surface area contributed by atoms with E-state index in [0.717, 1.165) is 67.9 Å². The minimum Gasteiger partial charge on any atom is -0.394 e. The zero-order valence-electron chi connectivity index (χ0n) is 48.1. The van der Waals surface area contributed by atoms with Gasteiger partial charge in [0.2, 0.25) is 0 Å². The number of carbonyl (C=O) groups is 3. The summed E-state index contributed by atoms with van der Waals surface area (Å²) < 4.78 is 45.5. The van der Waals surface area contributed by atoms with Crippen molar-refractivity contribution < 1.29 is 62.9 Å². The summed E-state index contributed by atoms with van der Waals surface area (Å²) in [7, 11) is 3.65. The Kier molecular flexibility index (Phi) is 34.9. The Bertz CT molecular complexity index is 1730. The van der Waals surface area contributed by atoms with Gasteiger partial charge in [-0.25, -0.2) is 0 Å². The molecule has 0 amide bonds. The van der Waals surface area contributed by atoms with Gasteiger partial charge in [-0.15, -0.1) is 13.2 Å². The van der Waals surface area contributed by atoms with E-state index in [9.17, 15) is 14.7 Å². The van der Waals surface area contributed by atoms with Crippen LogP contribution in [0.15, 0.2) is 61.7 Å². The van der Waals surface area contributed by atoms with E-state index in [1.165, 1.54) is 25.8 Å². The van der Waals surface area contributed by atoms with Gasteiger partial charge in [-0.3, -0.25) is 4.79 Å². The van der Waals surface area contributed by atoms with Crippen LogP contribution in [0.25, 0.3) is 0 Å². The fourth-order valence-corrected chi connectivity index (χ4v) is 10.4. The number of fused-ring (bicyclic) bond motifs is 7. The normalized spacial score (nSPS) is 32.9. The molecule has 7 aliphatic rings. The molecule has 1 aromatic carbocycles. The average molecular weight is 1060 g/mol. The smallest absolute Gasteiger partial charge is 0.175 e. The lowest BCUT2D eigenvalue weighted by molar-refractivity contribution is -0.308. The van der Waals surface area contributed by atoms with Gasteiger partial charge < -0.3 is 74.4 Å². The quantitative estimate of drug-likeness (QED) is 0.0811. The van der Waals surface area contributed by atoms with E-state index in [1.807, 2.05) is 45.2 Å². The summed E-state index contributed by atoms with van der Waals surface area (Å²) in [6.45, 7) is 36.1. The number of hydrogen-bond donors (Lipinski definition) is 6. The fraction of sp³-hybridized carbons (Fsp3) is 0.746. The van der Waals surface area contributed by atoms with Gasteiger partial charge >= 0.3 is 0 Å². The minimum absolute atomic E-state index is 0.00463. The Morgan fingerprint density at radius 1 is 0.907 bits per heavy atom. The van der Waals surface area contributed by atoms with Crippen molar-refractivity contribution >= 4 is 24.0 Å². The van der Waals surface area contributed by atoms with Crippen molar-refractivity contribution in [2.75, 3.05) is 45.8 Å². The molecule has 7 aliphatic heterocycles. The number of aldehydes is 2. The summed E-state index contributed by atoms with van der Waals surface area (Å²) in [6, 6.07) is 8.08. The second kappa shape index (κ2) is 37.6. The number of nitrogens with two attached hydrogens (primary N) is 1. The molecule has 8 rings (SSSR count). The first kappa shape index (κ1) is 69.8. The van der Waals surface area contributed by atoms with E-state index in [4.69, 9.17) is 53.9 Å². The van der Waals surface area contributed by atoms with E-state index in [-0.39, 0.29) is 90.9 Å². The Labute approximate surface area is 452 Å². The zero-order chi connectivity index (χ0) is 56.8. The molecule has 7 heterocycles. The third-order valence-electron chi connectivity index (χ3n) is 14.1. The maximum absolute atomic E-state index is 13.2. The van der Waals surface area contributed by atoms with E-state index in [0.29, 0.717) is 45.6 Å². The Morgan fingerprint density at radius 3 is 2.00 bits per heavy atom. The lowest BCUT2D eigenvalue weighted by atomic mass is 9.72. The summed E-state index contributed by atoms with van der Waals surface area (Å²) in [5, 5.41) is 33.3. The number of carbonyl (C=O) groups excluding carboxylic acids is 3. The molecule has 17 atom stereocenters. The molecule has 0 radical (unpaired) electrons. The number of Topliss-reactive ketones (excluding diaryl/α,β-unsaturated/α-hetero) is 1. The van der Waals surface area contributed by atoms with E-state index in [2.05, 4.69) is 71.6 Å². The topological polar surface area (TPSA) is 227 Å². The lowest BCUT2D eigenvalue weighted by Gasteiger charge is -2.51. The summed E-state index contributed by atoms with van der Waals surface area (Å²) >= 11 is 0. The van der Waals surface area contributed by atoms with Crippen molar-refractivity contribution in [1.82, 2.24) is 5.32 Å². The van der Waals surface area contributed by atoms with Gasteiger partial charge in [0.1, 0.15) is 30.6 Å². The predicted molar refractivity (Wildman–Crippen MR) is 298 cm³/mol. The molecule has 7 N–H and O–H groups in total. The first-order valence-corrected chi connectivity index (χ1v) is 27.7. The van der Waals surface area contributed by atoms with Gasteiger partial charge in [0.05, 0.1) is 80.8 Å². The molecule has 1 aromatic rings. The number of nitrogens with one attached hydrogen (secondary N) is 2. The molecule has 432 valence electrons. The minimum atomic E-state index is -1.03. The highest BCUT2D eigenvalue weighted by Crippen LogP contribution is 2.55. The molecule has 4 bridgehead atoms. The highest BCUT2D eigenvalue weighted by Gasteiger charge is 2.65.